The summed E-state index contributed by atoms with van der Waals surface area (Å²) in [6.07, 6.45) is -3.34. The lowest BCUT2D eigenvalue weighted by atomic mass is 10.1. The molecule has 2 saturated heterocycles. The molecule has 2 aliphatic heterocycles. The average Bonchev–Trinajstić information content (AvgIpc) is 3.35. The van der Waals surface area contributed by atoms with Gasteiger partial charge in [0.2, 0.25) is 11.8 Å². The minimum Gasteiger partial charge on any atom is -0.480 e. The first-order valence-electron chi connectivity index (χ1n) is 13.4. The zero-order valence-corrected chi connectivity index (χ0v) is 24.2. The van der Waals surface area contributed by atoms with E-state index in [4.69, 9.17) is 19.2 Å². The van der Waals surface area contributed by atoms with Gasteiger partial charge in [0.05, 0.1) is 36.1 Å². The zero-order chi connectivity index (χ0) is 29.4. The van der Waals surface area contributed by atoms with Gasteiger partial charge in [-0.05, 0) is 51.8 Å². The van der Waals surface area contributed by atoms with E-state index in [1.54, 1.807) is 4.90 Å². The Morgan fingerprint density at radius 3 is 2.56 bits per heavy atom. The Hall–Kier alpha value is -3.39. The van der Waals surface area contributed by atoms with Crippen LogP contribution in [0, 0.1) is 0 Å². The highest BCUT2D eigenvalue weighted by molar-refractivity contribution is 7.21. The van der Waals surface area contributed by atoms with Gasteiger partial charge in [-0.3, -0.25) is 0 Å². The number of morpholine rings is 1. The van der Waals surface area contributed by atoms with Crippen molar-refractivity contribution in [3.8, 4) is 16.5 Å². The number of alkyl halides is 3. The molecule has 222 valence electrons. The van der Waals surface area contributed by atoms with E-state index in [0.717, 1.165) is 25.0 Å². The maximum absolute atomic E-state index is 13.4. The van der Waals surface area contributed by atoms with Gasteiger partial charge in [-0.25, -0.2) is 9.78 Å². The fourth-order valence-electron chi connectivity index (χ4n) is 4.77. The highest BCUT2D eigenvalue weighted by Crippen LogP contribution is 2.42. The average molecular weight is 595 g/mol. The molecule has 0 saturated carbocycles. The number of nitrogens with zero attached hydrogens (tertiary/aromatic N) is 5. The maximum atomic E-state index is 13.4. The predicted octanol–water partition coefficient (Wildman–Crippen LogP) is 5.43. The van der Waals surface area contributed by atoms with Crippen molar-refractivity contribution < 1.29 is 32.2 Å². The molecule has 0 radical (unpaired) electrons. The Bertz CT molecular complexity index is 1400. The second-order valence-corrected chi connectivity index (χ2v) is 12.0. The third-order valence-electron chi connectivity index (χ3n) is 6.69. The summed E-state index contributed by atoms with van der Waals surface area (Å²) in [6.45, 7) is 8.70. The van der Waals surface area contributed by atoms with Crippen molar-refractivity contribution in [2.75, 3.05) is 56.7 Å². The predicted molar refractivity (Wildman–Crippen MR) is 150 cm³/mol. The number of likely N-dealkylation sites (tertiary alicyclic amines) is 1. The molecule has 4 heterocycles. The number of methoxy groups -OCH3 is 1. The van der Waals surface area contributed by atoms with E-state index in [-0.39, 0.29) is 23.5 Å². The molecule has 10 nitrogen and oxygen atoms in total. The highest BCUT2D eigenvalue weighted by atomic mass is 32.1. The number of aromatic nitrogens is 3. The second-order valence-electron chi connectivity index (χ2n) is 11.0. The van der Waals surface area contributed by atoms with Crippen molar-refractivity contribution in [2.45, 2.75) is 51.4 Å². The van der Waals surface area contributed by atoms with Crippen molar-refractivity contribution in [1.29, 1.82) is 0 Å². The Morgan fingerprint density at radius 1 is 1.12 bits per heavy atom. The van der Waals surface area contributed by atoms with Crippen LogP contribution in [0.15, 0.2) is 18.2 Å². The number of fused-ring (bicyclic) bond motifs is 1. The van der Waals surface area contributed by atoms with Crippen molar-refractivity contribution in [2.24, 2.45) is 0 Å². The molecule has 2 fully saturated rings. The van der Waals surface area contributed by atoms with E-state index in [9.17, 15) is 18.0 Å². The summed E-state index contributed by atoms with van der Waals surface area (Å²) >= 11 is 1.23. The molecule has 1 aromatic carbocycles. The van der Waals surface area contributed by atoms with E-state index < -0.39 is 17.3 Å². The number of carbonyl (C=O) groups excluding carboxylic acids is 1. The van der Waals surface area contributed by atoms with E-state index in [1.807, 2.05) is 25.7 Å². The van der Waals surface area contributed by atoms with Gasteiger partial charge in [0.15, 0.2) is 0 Å². The number of rotatable bonds is 5. The molecule has 2 aromatic heterocycles. The highest BCUT2D eigenvalue weighted by Gasteiger charge is 2.32. The molecule has 3 aromatic rings. The van der Waals surface area contributed by atoms with Gasteiger partial charge in [-0.15, -0.1) is 11.3 Å². The molecular formula is C27H33F3N6O4S. The molecule has 0 spiro atoms. The Morgan fingerprint density at radius 2 is 1.88 bits per heavy atom. The van der Waals surface area contributed by atoms with Crippen molar-refractivity contribution in [3.05, 3.63) is 23.8 Å². The number of amides is 1. The van der Waals surface area contributed by atoms with Gasteiger partial charge in [0, 0.05) is 32.2 Å². The Kier molecular flexibility index (Phi) is 8.15. The van der Waals surface area contributed by atoms with Crippen LogP contribution in [0.25, 0.3) is 20.8 Å². The van der Waals surface area contributed by atoms with Gasteiger partial charge in [-0.1, -0.05) is 0 Å². The molecular weight excluding hydrogens is 561 g/mol. The van der Waals surface area contributed by atoms with E-state index in [1.165, 1.54) is 24.5 Å². The summed E-state index contributed by atoms with van der Waals surface area (Å²) in [6, 6.07) is 3.34. The summed E-state index contributed by atoms with van der Waals surface area (Å²) in [4.78, 5) is 30.5. The molecule has 0 aliphatic carbocycles. The van der Waals surface area contributed by atoms with Gasteiger partial charge in [0.1, 0.15) is 22.0 Å². The molecule has 1 N–H and O–H groups in total. The SMILES string of the molecule is COc1nc(N2CCOCC2)nc(NC2CCCN(C(=O)OC(C)(C)C)C2)c1-c1nc2cc(C(F)(F)F)ccc2s1. The fraction of sp³-hybridized carbons (Fsp3) is 0.556. The lowest BCUT2D eigenvalue weighted by Gasteiger charge is -2.35. The topological polar surface area (TPSA) is 102 Å². The van der Waals surface area contributed by atoms with E-state index in [2.05, 4.69) is 15.3 Å². The number of benzene rings is 1. The molecule has 1 unspecified atom stereocenters. The fourth-order valence-corrected chi connectivity index (χ4v) is 5.75. The number of ether oxygens (including phenoxy) is 3. The first kappa shape index (κ1) is 29.1. The van der Waals surface area contributed by atoms with Crippen LogP contribution in [-0.4, -0.2) is 84.1 Å². The lowest BCUT2D eigenvalue weighted by Crippen LogP contribution is -2.47. The smallest absolute Gasteiger partial charge is 0.416 e. The molecule has 0 bridgehead atoms. The monoisotopic (exact) mass is 594 g/mol. The van der Waals surface area contributed by atoms with Crippen molar-refractivity contribution >= 4 is 39.4 Å². The van der Waals surface area contributed by atoms with Crippen LogP contribution >= 0.6 is 11.3 Å². The minimum absolute atomic E-state index is 0.168. The summed E-state index contributed by atoms with van der Waals surface area (Å²) in [5, 5.41) is 3.90. The Balaban J connectivity index is 1.53. The number of anilines is 2. The largest absolute Gasteiger partial charge is 0.480 e. The van der Waals surface area contributed by atoms with Crippen LogP contribution in [0.2, 0.25) is 0 Å². The van der Waals surface area contributed by atoms with Crippen LogP contribution in [0.1, 0.15) is 39.2 Å². The summed E-state index contributed by atoms with van der Waals surface area (Å²) in [7, 11) is 1.48. The van der Waals surface area contributed by atoms with Crippen LogP contribution < -0.4 is 15.0 Å². The standard InChI is InChI=1S/C27H33F3N6O4S/c1-26(2,3)40-25(37)36-9-5-6-17(15-36)31-21-20(22(38-4)34-24(33-21)35-10-12-39-13-11-35)23-32-18-14-16(27(28,29)30)7-8-19(18)41-23/h7-8,14,17H,5-6,9-13,15H2,1-4H3,(H,31,33,34). The number of hydrogen-bond donors (Lipinski definition) is 1. The lowest BCUT2D eigenvalue weighted by molar-refractivity contribution is -0.137. The van der Waals surface area contributed by atoms with Gasteiger partial charge < -0.3 is 29.3 Å². The number of carbonyl (C=O) groups is 1. The van der Waals surface area contributed by atoms with Crippen molar-refractivity contribution in [3.63, 3.8) is 0 Å². The molecule has 2 aliphatic rings. The first-order chi connectivity index (χ1) is 19.4. The molecule has 1 atom stereocenters. The minimum atomic E-state index is -4.48. The Labute approximate surface area is 239 Å². The third kappa shape index (κ3) is 6.75. The molecule has 5 rings (SSSR count). The number of nitrogens with one attached hydrogen (secondary N) is 1. The second kappa shape index (κ2) is 11.5. The van der Waals surface area contributed by atoms with E-state index >= 15 is 0 Å². The maximum Gasteiger partial charge on any atom is 0.416 e. The number of piperidine rings is 1. The molecule has 1 amide bonds. The van der Waals surface area contributed by atoms with Crippen LogP contribution in [-0.2, 0) is 15.7 Å². The number of hydrogen-bond acceptors (Lipinski definition) is 10. The van der Waals surface area contributed by atoms with Crippen LogP contribution in [0.3, 0.4) is 0 Å². The normalized spacial score (nSPS) is 18.5. The summed E-state index contributed by atoms with van der Waals surface area (Å²) in [5.41, 5.74) is -0.709. The van der Waals surface area contributed by atoms with Crippen molar-refractivity contribution in [1.82, 2.24) is 19.9 Å². The number of thiazole rings is 1. The third-order valence-corrected chi connectivity index (χ3v) is 7.75. The van der Waals surface area contributed by atoms with Gasteiger partial charge in [0.25, 0.3) is 0 Å². The molecule has 14 heteroatoms. The van der Waals surface area contributed by atoms with Crippen LogP contribution in [0.5, 0.6) is 5.88 Å². The zero-order valence-electron chi connectivity index (χ0n) is 23.4. The van der Waals surface area contributed by atoms with Gasteiger partial charge >= 0.3 is 12.3 Å². The first-order valence-corrected chi connectivity index (χ1v) is 14.2. The number of halogens is 3. The summed E-state index contributed by atoms with van der Waals surface area (Å²) in [5.74, 6) is 1.13. The van der Waals surface area contributed by atoms with Gasteiger partial charge in [-0.2, -0.15) is 23.1 Å². The van der Waals surface area contributed by atoms with Crippen LogP contribution in [0.4, 0.5) is 29.7 Å². The molecule has 41 heavy (non-hydrogen) atoms. The summed E-state index contributed by atoms with van der Waals surface area (Å²) < 4.78 is 57.4. The van der Waals surface area contributed by atoms with E-state index in [0.29, 0.717) is 66.4 Å². The quantitative estimate of drug-likeness (QED) is 0.414.